The van der Waals surface area contributed by atoms with E-state index in [9.17, 15) is 26.4 Å². The second-order valence-electron chi connectivity index (χ2n) is 6.50. The van der Waals surface area contributed by atoms with Crippen LogP contribution >= 0.6 is 11.7 Å². The Morgan fingerprint density at radius 1 is 1.16 bits per heavy atom. The van der Waals surface area contributed by atoms with Gasteiger partial charge in [0.05, 0.1) is 29.2 Å². The Bertz CT molecular complexity index is 1430. The van der Waals surface area contributed by atoms with Gasteiger partial charge >= 0.3 is 6.18 Å². The van der Waals surface area contributed by atoms with Gasteiger partial charge in [0.2, 0.25) is 0 Å². The van der Waals surface area contributed by atoms with Gasteiger partial charge < -0.3 is 9.84 Å². The number of nitrogens with zero attached hydrogens (tertiary/aromatic N) is 3. The van der Waals surface area contributed by atoms with E-state index in [1.165, 1.54) is 25.1 Å². The van der Waals surface area contributed by atoms with Crippen molar-refractivity contribution in [3.63, 3.8) is 0 Å². The van der Waals surface area contributed by atoms with Gasteiger partial charge in [-0.15, -0.1) is 0 Å². The fourth-order valence-electron chi connectivity index (χ4n) is 2.86. The van der Waals surface area contributed by atoms with Crippen molar-refractivity contribution in [2.45, 2.75) is 18.0 Å². The van der Waals surface area contributed by atoms with Crippen LogP contribution in [-0.2, 0) is 16.2 Å². The number of nitrogens with one attached hydrogen (secondary N) is 2. The first-order valence-electron chi connectivity index (χ1n) is 8.74. The van der Waals surface area contributed by atoms with Gasteiger partial charge in [-0.2, -0.15) is 21.9 Å². The molecular formula is C18H12F3N5O4S2. The first kappa shape index (κ1) is 21.7. The summed E-state index contributed by atoms with van der Waals surface area (Å²) in [6, 6.07) is 6.84. The molecule has 32 heavy (non-hydrogen) atoms. The highest BCUT2D eigenvalue weighted by Gasteiger charge is 2.35. The predicted octanol–water partition coefficient (Wildman–Crippen LogP) is 4.06. The summed E-state index contributed by atoms with van der Waals surface area (Å²) in [5.41, 5.74) is -1.80. The quantitative estimate of drug-likeness (QED) is 0.438. The highest BCUT2D eigenvalue weighted by molar-refractivity contribution is 7.93. The summed E-state index contributed by atoms with van der Waals surface area (Å²) >= 11 is 0.781. The van der Waals surface area contributed by atoms with E-state index in [-0.39, 0.29) is 27.4 Å². The number of halogens is 3. The number of rotatable bonds is 5. The van der Waals surface area contributed by atoms with E-state index >= 15 is 0 Å². The maximum absolute atomic E-state index is 13.7. The van der Waals surface area contributed by atoms with Crippen molar-refractivity contribution >= 4 is 50.1 Å². The third-order valence-electron chi connectivity index (χ3n) is 4.36. The van der Waals surface area contributed by atoms with E-state index < -0.39 is 33.4 Å². The van der Waals surface area contributed by atoms with Gasteiger partial charge in [0.15, 0.2) is 0 Å². The Morgan fingerprint density at radius 2 is 1.94 bits per heavy atom. The number of aryl methyl sites for hydroxylation is 1. The second-order valence-corrected chi connectivity index (χ2v) is 8.68. The van der Waals surface area contributed by atoms with Gasteiger partial charge in [-0.05, 0) is 37.3 Å². The molecule has 2 N–H and O–H groups in total. The van der Waals surface area contributed by atoms with E-state index in [1.54, 1.807) is 0 Å². The van der Waals surface area contributed by atoms with Crippen LogP contribution in [0, 0.1) is 6.92 Å². The zero-order valence-electron chi connectivity index (χ0n) is 16.0. The van der Waals surface area contributed by atoms with E-state index in [0.29, 0.717) is 11.6 Å². The Morgan fingerprint density at radius 3 is 2.62 bits per heavy atom. The Labute approximate surface area is 182 Å². The number of hydrogen-bond donors (Lipinski definition) is 2. The van der Waals surface area contributed by atoms with Gasteiger partial charge in [-0.3, -0.25) is 9.52 Å². The molecule has 0 bridgehead atoms. The molecule has 0 aliphatic heterocycles. The molecule has 0 unspecified atom stereocenters. The molecule has 0 spiro atoms. The van der Waals surface area contributed by atoms with Crippen LogP contribution in [-0.4, -0.2) is 28.2 Å². The standard InChI is InChI=1S/C18H12F3N5O4S2/c1-9-11(8-22-30-9)17(27)23-10-5-6-13(12(7-10)18(19,20)21)26-32(28,29)15-4-2-3-14-16(15)25-31-24-14/h2-8,26H,1H3,(H,23,27). The molecular weight excluding hydrogens is 471 g/mol. The Hall–Kier alpha value is -3.52. The van der Waals surface area contributed by atoms with Crippen LogP contribution in [0.25, 0.3) is 11.0 Å². The van der Waals surface area contributed by atoms with E-state index in [2.05, 4.69) is 19.2 Å². The topological polar surface area (TPSA) is 127 Å². The number of carbonyl (C=O) groups excluding carboxylic acids is 1. The summed E-state index contributed by atoms with van der Waals surface area (Å²) in [6.07, 6.45) is -3.79. The number of carbonyl (C=O) groups is 1. The zero-order chi connectivity index (χ0) is 23.1. The number of alkyl halides is 3. The smallest absolute Gasteiger partial charge is 0.361 e. The zero-order valence-corrected chi connectivity index (χ0v) is 17.6. The molecule has 14 heteroatoms. The number of anilines is 2. The summed E-state index contributed by atoms with van der Waals surface area (Å²) in [7, 11) is -4.42. The molecule has 166 valence electrons. The lowest BCUT2D eigenvalue weighted by atomic mass is 10.1. The minimum absolute atomic E-state index is 0.0477. The maximum Gasteiger partial charge on any atom is 0.418 e. The third-order valence-corrected chi connectivity index (χ3v) is 6.30. The molecule has 4 rings (SSSR count). The molecule has 0 saturated heterocycles. The lowest BCUT2D eigenvalue weighted by Crippen LogP contribution is -2.18. The monoisotopic (exact) mass is 483 g/mol. The van der Waals surface area contributed by atoms with Gasteiger partial charge in [0.1, 0.15) is 27.3 Å². The molecule has 2 aromatic carbocycles. The fourth-order valence-corrected chi connectivity index (χ4v) is 4.71. The van der Waals surface area contributed by atoms with Crippen LogP contribution < -0.4 is 10.0 Å². The van der Waals surface area contributed by atoms with Crippen molar-refractivity contribution < 1.29 is 30.9 Å². The lowest BCUT2D eigenvalue weighted by molar-refractivity contribution is -0.136. The predicted molar refractivity (Wildman–Crippen MR) is 109 cm³/mol. The number of sulfonamides is 1. The van der Waals surface area contributed by atoms with Crippen molar-refractivity contribution in [2.24, 2.45) is 0 Å². The molecule has 1 amide bonds. The largest absolute Gasteiger partial charge is 0.418 e. The summed E-state index contributed by atoms with van der Waals surface area (Å²) in [6.45, 7) is 1.47. The summed E-state index contributed by atoms with van der Waals surface area (Å²) in [4.78, 5) is 11.9. The molecule has 0 fully saturated rings. The average Bonchev–Trinajstić information content (AvgIpc) is 3.36. The summed E-state index contributed by atoms with van der Waals surface area (Å²) < 4.78 is 81.3. The molecule has 2 aromatic heterocycles. The highest BCUT2D eigenvalue weighted by atomic mass is 32.2. The second kappa shape index (κ2) is 7.87. The minimum atomic E-state index is -4.92. The Kier molecular flexibility index (Phi) is 5.34. The molecule has 0 saturated carbocycles. The van der Waals surface area contributed by atoms with Gasteiger partial charge in [0, 0.05) is 5.69 Å². The van der Waals surface area contributed by atoms with Gasteiger partial charge in [-0.25, -0.2) is 8.42 Å². The van der Waals surface area contributed by atoms with Crippen molar-refractivity contribution in [3.05, 3.63) is 59.5 Å². The molecule has 0 aliphatic carbocycles. The van der Waals surface area contributed by atoms with Crippen LogP contribution in [0.3, 0.4) is 0 Å². The number of amides is 1. The first-order chi connectivity index (χ1) is 15.1. The van der Waals surface area contributed by atoms with Crippen LogP contribution in [0.2, 0.25) is 0 Å². The minimum Gasteiger partial charge on any atom is -0.361 e. The number of fused-ring (bicyclic) bond motifs is 1. The molecule has 0 radical (unpaired) electrons. The van der Waals surface area contributed by atoms with Crippen LogP contribution in [0.15, 0.2) is 52.0 Å². The van der Waals surface area contributed by atoms with E-state index in [0.717, 1.165) is 30.1 Å². The lowest BCUT2D eigenvalue weighted by Gasteiger charge is -2.16. The van der Waals surface area contributed by atoms with Crippen molar-refractivity contribution in [3.8, 4) is 0 Å². The van der Waals surface area contributed by atoms with Crippen molar-refractivity contribution in [2.75, 3.05) is 10.0 Å². The third kappa shape index (κ3) is 4.13. The Balaban J connectivity index is 1.69. The summed E-state index contributed by atoms with van der Waals surface area (Å²) in [5, 5.41) is 5.75. The average molecular weight is 483 g/mol. The summed E-state index contributed by atoms with van der Waals surface area (Å²) in [5.74, 6) is -0.540. The highest BCUT2D eigenvalue weighted by Crippen LogP contribution is 2.38. The van der Waals surface area contributed by atoms with Gasteiger partial charge in [0.25, 0.3) is 15.9 Å². The first-order valence-corrected chi connectivity index (χ1v) is 11.0. The maximum atomic E-state index is 13.7. The fraction of sp³-hybridized carbons (Fsp3) is 0.111. The van der Waals surface area contributed by atoms with Crippen molar-refractivity contribution in [1.82, 2.24) is 13.9 Å². The van der Waals surface area contributed by atoms with E-state index in [4.69, 9.17) is 4.52 Å². The molecule has 0 aliphatic rings. The van der Waals surface area contributed by atoms with Crippen molar-refractivity contribution in [1.29, 1.82) is 0 Å². The van der Waals surface area contributed by atoms with Crippen LogP contribution in [0.4, 0.5) is 24.5 Å². The SMILES string of the molecule is Cc1oncc1C(=O)Nc1ccc(NS(=O)(=O)c2cccc3nsnc23)c(C(F)(F)F)c1. The number of hydrogen-bond acceptors (Lipinski definition) is 8. The number of aromatic nitrogens is 3. The number of benzene rings is 2. The molecule has 9 nitrogen and oxygen atoms in total. The van der Waals surface area contributed by atoms with Crippen LogP contribution in [0.1, 0.15) is 21.7 Å². The van der Waals surface area contributed by atoms with Gasteiger partial charge in [-0.1, -0.05) is 11.2 Å². The molecule has 0 atom stereocenters. The molecule has 2 heterocycles. The van der Waals surface area contributed by atoms with E-state index in [1.807, 2.05) is 4.72 Å². The van der Waals surface area contributed by atoms with Crippen LogP contribution in [0.5, 0.6) is 0 Å². The molecule has 4 aromatic rings. The normalized spacial score (nSPS) is 12.1.